The molecule has 0 fully saturated rings. The quantitative estimate of drug-likeness (QED) is 0.605. The Morgan fingerprint density at radius 3 is 2.56 bits per heavy atom. The third kappa shape index (κ3) is 3.16. The summed E-state index contributed by atoms with van der Waals surface area (Å²) in [5, 5.41) is 10.0. The highest BCUT2D eigenvalue weighted by Crippen LogP contribution is 2.07. The van der Waals surface area contributed by atoms with Gasteiger partial charge in [0.2, 0.25) is 0 Å². The van der Waals surface area contributed by atoms with E-state index in [1.165, 1.54) is 0 Å². The fourth-order valence-corrected chi connectivity index (χ4v) is 2.60. The summed E-state index contributed by atoms with van der Waals surface area (Å²) in [6.07, 6.45) is 1.01. The molecule has 1 rings (SSSR count). The first-order chi connectivity index (χ1) is 7.62. The number of Topliss-reactive ketones (excluding diaryl/α,β-unsaturated/α-hetero) is 1. The predicted molar refractivity (Wildman–Crippen MR) is 63.8 cm³/mol. The zero-order chi connectivity index (χ0) is 12.0. The lowest BCUT2D eigenvalue weighted by atomic mass is 10.3. The summed E-state index contributed by atoms with van der Waals surface area (Å²) in [5.74, 6) is -0.238. The number of rotatable bonds is 5. The van der Waals surface area contributed by atoms with E-state index in [-0.39, 0.29) is 5.78 Å². The van der Waals surface area contributed by atoms with Gasteiger partial charge in [-0.3, -0.25) is 4.79 Å². The normalized spacial score (nSPS) is 14.1. The van der Waals surface area contributed by atoms with E-state index in [0.29, 0.717) is 17.7 Å². The fourth-order valence-electron chi connectivity index (χ4n) is 1.26. The minimum absolute atomic E-state index is 0.238. The molecule has 0 bridgehead atoms. The molecule has 0 saturated carbocycles. The molecular formula is C11H15NO3S. The van der Waals surface area contributed by atoms with Gasteiger partial charge in [0.05, 0.1) is 15.1 Å². The SMILES string of the molecule is CCCC(=O)C=S(=O)(NO)c1ccccc1. The van der Waals surface area contributed by atoms with Crippen molar-refractivity contribution in [1.29, 1.82) is 0 Å². The van der Waals surface area contributed by atoms with Gasteiger partial charge in [-0.15, -0.1) is 4.89 Å². The van der Waals surface area contributed by atoms with E-state index in [2.05, 4.69) is 0 Å². The van der Waals surface area contributed by atoms with Crippen molar-refractivity contribution >= 4 is 20.9 Å². The Morgan fingerprint density at radius 2 is 2.06 bits per heavy atom. The maximum absolute atomic E-state index is 12.2. The van der Waals surface area contributed by atoms with Crippen LogP contribution in [0.5, 0.6) is 0 Å². The number of carbonyl (C=O) groups excluding carboxylic acids is 1. The van der Waals surface area contributed by atoms with Gasteiger partial charge in [0.15, 0.2) is 5.78 Å². The summed E-state index contributed by atoms with van der Waals surface area (Å²) < 4.78 is 12.2. The predicted octanol–water partition coefficient (Wildman–Crippen LogP) is 1.40. The molecule has 2 N–H and O–H groups in total. The Bertz CT molecular complexity index is 461. The van der Waals surface area contributed by atoms with Crippen molar-refractivity contribution in [2.24, 2.45) is 0 Å². The monoisotopic (exact) mass is 241 g/mol. The molecule has 0 aromatic heterocycles. The van der Waals surface area contributed by atoms with Crippen LogP contribution in [0, 0.1) is 0 Å². The topological polar surface area (TPSA) is 66.4 Å². The van der Waals surface area contributed by atoms with Gasteiger partial charge in [0, 0.05) is 11.3 Å². The molecule has 0 amide bonds. The molecule has 0 radical (unpaired) electrons. The summed E-state index contributed by atoms with van der Waals surface area (Å²) in [6.45, 7) is 1.86. The van der Waals surface area contributed by atoms with Crippen LogP contribution >= 0.6 is 0 Å². The van der Waals surface area contributed by atoms with Crippen LogP contribution in [0.25, 0.3) is 0 Å². The molecule has 1 atom stereocenters. The number of hydrogen-bond acceptors (Lipinski definition) is 3. The third-order valence-corrected chi connectivity index (χ3v) is 3.86. The molecule has 1 aromatic carbocycles. The second-order valence-corrected chi connectivity index (χ2v) is 5.43. The van der Waals surface area contributed by atoms with E-state index in [0.717, 1.165) is 5.37 Å². The van der Waals surface area contributed by atoms with E-state index in [4.69, 9.17) is 5.21 Å². The van der Waals surface area contributed by atoms with Crippen molar-refractivity contribution in [3.63, 3.8) is 0 Å². The number of ketones is 1. The first-order valence-corrected chi connectivity index (χ1v) is 6.62. The molecule has 0 aliphatic carbocycles. The molecule has 0 aliphatic heterocycles. The Hall–Kier alpha value is -1.17. The van der Waals surface area contributed by atoms with Gasteiger partial charge in [-0.1, -0.05) is 25.1 Å². The van der Waals surface area contributed by atoms with Crippen LogP contribution in [0.2, 0.25) is 0 Å². The molecule has 4 nitrogen and oxygen atoms in total. The number of benzene rings is 1. The van der Waals surface area contributed by atoms with Crippen LogP contribution in [0.4, 0.5) is 0 Å². The van der Waals surface area contributed by atoms with Crippen molar-refractivity contribution in [2.75, 3.05) is 0 Å². The molecule has 88 valence electrons. The molecule has 5 heteroatoms. The van der Waals surface area contributed by atoms with Gasteiger partial charge in [-0.25, -0.2) is 4.21 Å². The smallest absolute Gasteiger partial charge is 0.165 e. The van der Waals surface area contributed by atoms with E-state index in [1.807, 2.05) is 6.92 Å². The van der Waals surface area contributed by atoms with Gasteiger partial charge in [-0.05, 0) is 18.6 Å². The Labute approximate surface area is 95.4 Å². The third-order valence-electron chi connectivity index (χ3n) is 2.02. The minimum atomic E-state index is -3.00. The lowest BCUT2D eigenvalue weighted by Gasteiger charge is -2.08. The first kappa shape index (κ1) is 12.9. The first-order valence-electron chi connectivity index (χ1n) is 5.00. The summed E-state index contributed by atoms with van der Waals surface area (Å²) in [4.78, 5) is 13.5. The zero-order valence-electron chi connectivity index (χ0n) is 9.05. The summed E-state index contributed by atoms with van der Waals surface area (Å²) in [5.41, 5.74) is 0. The highest BCUT2D eigenvalue weighted by atomic mass is 32.2. The number of carbonyl (C=O) groups is 1. The average molecular weight is 241 g/mol. The maximum Gasteiger partial charge on any atom is 0.165 e. The highest BCUT2D eigenvalue weighted by molar-refractivity contribution is 8.00. The van der Waals surface area contributed by atoms with Crippen LogP contribution in [0.15, 0.2) is 35.2 Å². The molecule has 1 aromatic rings. The standard InChI is InChI=1S/C11H15NO3S/c1-2-6-10(13)9-16(15,12-14)11-7-4-3-5-8-11/h3-5,7-9,14H,2,6H2,1H3,(H,12,15). The van der Waals surface area contributed by atoms with Crippen LogP contribution in [-0.2, 0) is 14.5 Å². The largest absolute Gasteiger partial charge is 0.304 e. The van der Waals surface area contributed by atoms with Crippen molar-refractivity contribution < 1.29 is 14.2 Å². The van der Waals surface area contributed by atoms with E-state index in [9.17, 15) is 9.00 Å². The molecule has 0 aliphatic rings. The molecule has 1 unspecified atom stereocenters. The van der Waals surface area contributed by atoms with Gasteiger partial charge >= 0.3 is 0 Å². The second-order valence-electron chi connectivity index (χ2n) is 3.34. The molecule has 0 heterocycles. The Kier molecular flexibility index (Phi) is 4.67. The Morgan fingerprint density at radius 1 is 1.44 bits per heavy atom. The van der Waals surface area contributed by atoms with Gasteiger partial charge < -0.3 is 5.21 Å². The van der Waals surface area contributed by atoms with E-state index >= 15 is 0 Å². The van der Waals surface area contributed by atoms with Crippen LogP contribution in [0.1, 0.15) is 19.8 Å². The zero-order valence-corrected chi connectivity index (χ0v) is 9.87. The van der Waals surface area contributed by atoms with Gasteiger partial charge in [0.25, 0.3) is 0 Å². The minimum Gasteiger partial charge on any atom is -0.304 e. The number of nitrogens with one attached hydrogen (secondary N) is 1. The van der Waals surface area contributed by atoms with Crippen molar-refractivity contribution in [2.45, 2.75) is 24.7 Å². The van der Waals surface area contributed by atoms with E-state index in [1.54, 1.807) is 35.2 Å². The summed E-state index contributed by atoms with van der Waals surface area (Å²) >= 11 is 0. The van der Waals surface area contributed by atoms with Crippen LogP contribution in [0.3, 0.4) is 0 Å². The molecule has 16 heavy (non-hydrogen) atoms. The lowest BCUT2D eigenvalue weighted by Crippen LogP contribution is -2.24. The Balaban J connectivity index is 3.13. The van der Waals surface area contributed by atoms with E-state index < -0.39 is 9.71 Å². The molecule has 0 saturated heterocycles. The second kappa shape index (κ2) is 5.79. The van der Waals surface area contributed by atoms with Crippen molar-refractivity contribution in [3.05, 3.63) is 30.3 Å². The summed E-state index contributed by atoms with van der Waals surface area (Å²) in [7, 11) is -3.00. The fraction of sp³-hybridized carbons (Fsp3) is 0.273. The average Bonchev–Trinajstić information content (AvgIpc) is 2.30. The molecule has 0 spiro atoms. The summed E-state index contributed by atoms with van der Waals surface area (Å²) in [6, 6.07) is 8.37. The maximum atomic E-state index is 12.2. The van der Waals surface area contributed by atoms with Crippen molar-refractivity contribution in [1.82, 2.24) is 4.89 Å². The highest BCUT2D eigenvalue weighted by Gasteiger charge is 2.11. The van der Waals surface area contributed by atoms with Crippen molar-refractivity contribution in [3.8, 4) is 0 Å². The van der Waals surface area contributed by atoms with Crippen LogP contribution < -0.4 is 4.89 Å². The lowest BCUT2D eigenvalue weighted by molar-refractivity contribution is -0.112. The van der Waals surface area contributed by atoms with Crippen LogP contribution in [-0.4, -0.2) is 20.6 Å². The van der Waals surface area contributed by atoms with Gasteiger partial charge in [0.1, 0.15) is 0 Å². The van der Waals surface area contributed by atoms with Gasteiger partial charge in [-0.2, -0.15) is 0 Å². The number of hydrogen-bond donors (Lipinski definition) is 2. The molecular weight excluding hydrogens is 226 g/mol.